The number of rotatable bonds is 2. The normalized spacial score (nSPS) is 18.8. The molecular formula is C3H5F3O2. The second kappa shape index (κ2) is 2.32. The Kier molecular flexibility index (Phi) is 2.24. The van der Waals surface area contributed by atoms with E-state index in [2.05, 4.69) is 0 Å². The fraction of sp³-hybridized carbons (Fsp3) is 1.00. The summed E-state index contributed by atoms with van der Waals surface area (Å²) in [4.78, 5) is 0. The van der Waals surface area contributed by atoms with Gasteiger partial charge in [0.2, 0.25) is 0 Å². The van der Waals surface area contributed by atoms with Gasteiger partial charge < -0.3 is 10.2 Å². The van der Waals surface area contributed by atoms with Gasteiger partial charge in [0.05, 0.1) is 0 Å². The lowest BCUT2D eigenvalue weighted by atomic mass is 10.3. The van der Waals surface area contributed by atoms with Gasteiger partial charge in [0, 0.05) is 0 Å². The SMILES string of the molecule is OCC(O)(F)C(F)F. The molecule has 5 heteroatoms. The van der Waals surface area contributed by atoms with Crippen molar-refractivity contribution in [3.05, 3.63) is 0 Å². The van der Waals surface area contributed by atoms with Crippen LogP contribution in [0.2, 0.25) is 0 Å². The number of aliphatic hydroxyl groups is 2. The molecule has 0 aromatic carbocycles. The first-order valence-corrected chi connectivity index (χ1v) is 1.81. The monoisotopic (exact) mass is 130 g/mol. The molecule has 1 unspecified atom stereocenters. The van der Waals surface area contributed by atoms with E-state index in [0.717, 1.165) is 0 Å². The summed E-state index contributed by atoms with van der Waals surface area (Å²) in [7, 11) is 0. The minimum Gasteiger partial charge on any atom is -0.390 e. The van der Waals surface area contributed by atoms with E-state index in [1.54, 1.807) is 0 Å². The Labute approximate surface area is 43.6 Å². The first-order valence-electron chi connectivity index (χ1n) is 1.81. The number of hydrogen-bond acceptors (Lipinski definition) is 2. The topological polar surface area (TPSA) is 40.5 Å². The summed E-state index contributed by atoms with van der Waals surface area (Å²) in [6.45, 7) is -1.58. The van der Waals surface area contributed by atoms with Crippen LogP contribution in [0, 0.1) is 0 Å². The minimum atomic E-state index is -3.74. The van der Waals surface area contributed by atoms with Gasteiger partial charge in [-0.05, 0) is 0 Å². The second-order valence-corrected chi connectivity index (χ2v) is 1.28. The van der Waals surface area contributed by atoms with Crippen molar-refractivity contribution < 1.29 is 23.4 Å². The lowest BCUT2D eigenvalue weighted by Gasteiger charge is -2.12. The Morgan fingerprint density at radius 1 is 1.50 bits per heavy atom. The summed E-state index contributed by atoms with van der Waals surface area (Å²) >= 11 is 0. The van der Waals surface area contributed by atoms with Gasteiger partial charge in [0.25, 0.3) is 12.3 Å². The molecule has 0 spiro atoms. The molecule has 0 radical (unpaired) electrons. The summed E-state index contributed by atoms with van der Waals surface area (Å²) in [6.07, 6.45) is -3.55. The molecule has 0 aliphatic carbocycles. The molecule has 0 aliphatic heterocycles. The van der Waals surface area contributed by atoms with Gasteiger partial charge in [-0.25, -0.2) is 13.2 Å². The summed E-state index contributed by atoms with van der Waals surface area (Å²) in [5, 5.41) is 15.4. The highest BCUT2D eigenvalue weighted by molar-refractivity contribution is 4.64. The van der Waals surface area contributed by atoms with Crippen molar-refractivity contribution >= 4 is 0 Å². The number of aliphatic hydroxyl groups excluding tert-OH is 1. The van der Waals surface area contributed by atoms with Crippen molar-refractivity contribution in [2.45, 2.75) is 12.3 Å². The third kappa shape index (κ3) is 1.67. The lowest BCUT2D eigenvalue weighted by Crippen LogP contribution is -2.35. The molecule has 2 nitrogen and oxygen atoms in total. The van der Waals surface area contributed by atoms with Crippen LogP contribution >= 0.6 is 0 Å². The van der Waals surface area contributed by atoms with Crippen molar-refractivity contribution in [2.75, 3.05) is 6.61 Å². The smallest absolute Gasteiger partial charge is 0.298 e. The molecule has 50 valence electrons. The van der Waals surface area contributed by atoms with E-state index in [9.17, 15) is 13.2 Å². The quantitative estimate of drug-likeness (QED) is 0.548. The Morgan fingerprint density at radius 3 is 1.88 bits per heavy atom. The summed E-state index contributed by atoms with van der Waals surface area (Å²) in [5.41, 5.74) is 0. The molecule has 0 saturated carbocycles. The van der Waals surface area contributed by atoms with Crippen LogP contribution in [-0.2, 0) is 0 Å². The van der Waals surface area contributed by atoms with Crippen LogP contribution in [-0.4, -0.2) is 29.1 Å². The average molecular weight is 130 g/mol. The zero-order valence-electron chi connectivity index (χ0n) is 3.81. The van der Waals surface area contributed by atoms with Gasteiger partial charge in [0.1, 0.15) is 6.61 Å². The summed E-state index contributed by atoms with van der Waals surface area (Å²) in [5.74, 6) is -3.74. The van der Waals surface area contributed by atoms with Crippen LogP contribution in [0.4, 0.5) is 13.2 Å². The Morgan fingerprint density at radius 2 is 1.88 bits per heavy atom. The fourth-order valence-corrected chi connectivity index (χ4v) is 0.0690. The molecule has 0 heterocycles. The van der Waals surface area contributed by atoms with Gasteiger partial charge in [-0.3, -0.25) is 0 Å². The van der Waals surface area contributed by atoms with E-state index in [-0.39, 0.29) is 0 Å². The lowest BCUT2D eigenvalue weighted by molar-refractivity contribution is -0.206. The zero-order chi connectivity index (χ0) is 6.78. The largest absolute Gasteiger partial charge is 0.390 e. The highest BCUT2D eigenvalue weighted by Crippen LogP contribution is 2.15. The predicted molar refractivity (Wildman–Crippen MR) is 19.1 cm³/mol. The third-order valence-electron chi connectivity index (χ3n) is 0.556. The van der Waals surface area contributed by atoms with Crippen LogP contribution < -0.4 is 0 Å². The van der Waals surface area contributed by atoms with Gasteiger partial charge in [-0.15, -0.1) is 0 Å². The van der Waals surface area contributed by atoms with Gasteiger partial charge in [0.15, 0.2) is 0 Å². The van der Waals surface area contributed by atoms with Crippen molar-refractivity contribution in [1.82, 2.24) is 0 Å². The second-order valence-electron chi connectivity index (χ2n) is 1.28. The zero-order valence-corrected chi connectivity index (χ0v) is 3.81. The molecule has 0 bridgehead atoms. The van der Waals surface area contributed by atoms with Crippen LogP contribution in [0.5, 0.6) is 0 Å². The van der Waals surface area contributed by atoms with E-state index < -0.39 is 18.9 Å². The van der Waals surface area contributed by atoms with Gasteiger partial charge in [-0.1, -0.05) is 0 Å². The molecule has 0 aromatic heterocycles. The summed E-state index contributed by atoms with van der Waals surface area (Å²) in [6, 6.07) is 0. The van der Waals surface area contributed by atoms with Crippen molar-refractivity contribution in [1.29, 1.82) is 0 Å². The molecular weight excluding hydrogens is 125 g/mol. The molecule has 2 N–H and O–H groups in total. The average Bonchev–Trinajstić information content (AvgIpc) is 1.67. The number of halogens is 3. The van der Waals surface area contributed by atoms with E-state index in [1.807, 2.05) is 0 Å². The maximum atomic E-state index is 11.5. The third-order valence-corrected chi connectivity index (χ3v) is 0.556. The van der Waals surface area contributed by atoms with Crippen molar-refractivity contribution in [3.63, 3.8) is 0 Å². The molecule has 0 aliphatic rings. The summed E-state index contributed by atoms with van der Waals surface area (Å²) < 4.78 is 33.6. The predicted octanol–water partition coefficient (Wildman–Crippen LogP) is -0.0981. The van der Waals surface area contributed by atoms with Crippen LogP contribution in [0.3, 0.4) is 0 Å². The molecule has 0 amide bonds. The molecule has 1 atom stereocenters. The fourth-order valence-electron chi connectivity index (χ4n) is 0.0690. The van der Waals surface area contributed by atoms with Crippen LogP contribution in [0.15, 0.2) is 0 Å². The van der Waals surface area contributed by atoms with Crippen molar-refractivity contribution in [3.8, 4) is 0 Å². The molecule has 0 rings (SSSR count). The van der Waals surface area contributed by atoms with E-state index in [1.165, 1.54) is 0 Å². The highest BCUT2D eigenvalue weighted by Gasteiger charge is 2.36. The molecule has 0 saturated heterocycles. The molecule has 8 heavy (non-hydrogen) atoms. The Bertz CT molecular complexity index is 72.9. The highest BCUT2D eigenvalue weighted by atomic mass is 19.3. The molecule has 0 aromatic rings. The maximum Gasteiger partial charge on any atom is 0.298 e. The van der Waals surface area contributed by atoms with Gasteiger partial charge in [-0.2, -0.15) is 0 Å². The molecule has 0 fully saturated rings. The van der Waals surface area contributed by atoms with E-state index in [4.69, 9.17) is 10.2 Å². The van der Waals surface area contributed by atoms with E-state index in [0.29, 0.717) is 0 Å². The van der Waals surface area contributed by atoms with Crippen LogP contribution in [0.25, 0.3) is 0 Å². The first kappa shape index (κ1) is 7.71. The van der Waals surface area contributed by atoms with Gasteiger partial charge >= 0.3 is 0 Å². The Hall–Kier alpha value is -0.290. The maximum absolute atomic E-state index is 11.5. The first-order chi connectivity index (χ1) is 3.50. The number of hydrogen-bond donors (Lipinski definition) is 2. The van der Waals surface area contributed by atoms with Crippen LogP contribution in [0.1, 0.15) is 0 Å². The standard InChI is InChI=1S/C3H5F3O2/c4-2(5)3(6,8)1-7/h2,7-8H,1H2. The van der Waals surface area contributed by atoms with Crippen molar-refractivity contribution in [2.24, 2.45) is 0 Å². The minimum absolute atomic E-state index is 1.58. The van der Waals surface area contributed by atoms with E-state index >= 15 is 0 Å². The number of alkyl halides is 3. The Balaban J connectivity index is 3.71.